The fraction of sp³-hybridized carbons (Fsp3) is 0.300. The van der Waals surface area contributed by atoms with Gasteiger partial charge in [0.15, 0.2) is 0 Å². The van der Waals surface area contributed by atoms with Crippen LogP contribution in [0.2, 0.25) is 0 Å². The minimum absolute atomic E-state index is 0.0506. The van der Waals surface area contributed by atoms with Crippen molar-refractivity contribution in [3.8, 4) is 6.07 Å². The van der Waals surface area contributed by atoms with Crippen LogP contribution < -0.4 is 0 Å². The molecule has 0 radical (unpaired) electrons. The predicted molar refractivity (Wildman–Crippen MR) is 59.5 cm³/mol. The summed E-state index contributed by atoms with van der Waals surface area (Å²) in [5.74, 6) is 0. The van der Waals surface area contributed by atoms with Gasteiger partial charge >= 0.3 is 0 Å². The van der Waals surface area contributed by atoms with E-state index in [-0.39, 0.29) is 16.0 Å². The highest BCUT2D eigenvalue weighted by atomic mass is 35.7. The van der Waals surface area contributed by atoms with E-state index in [2.05, 4.69) is 0 Å². The molecule has 0 heterocycles. The molecule has 0 saturated carbocycles. The van der Waals surface area contributed by atoms with Gasteiger partial charge in [-0.15, -0.1) is 0 Å². The fourth-order valence-corrected chi connectivity index (χ4v) is 2.56. The molecule has 0 aliphatic carbocycles. The summed E-state index contributed by atoms with van der Waals surface area (Å²) in [5.41, 5.74) is 0.878. The Bertz CT molecular complexity index is 546. The highest BCUT2D eigenvalue weighted by Crippen LogP contribution is 2.25. The summed E-state index contributed by atoms with van der Waals surface area (Å²) in [6.07, 6.45) is 0.583. The van der Waals surface area contributed by atoms with Crippen molar-refractivity contribution in [3.05, 3.63) is 28.8 Å². The predicted octanol–water partition coefficient (Wildman–Crippen LogP) is 1.54. The van der Waals surface area contributed by atoms with E-state index in [1.165, 1.54) is 6.07 Å². The lowest BCUT2D eigenvalue weighted by Gasteiger charge is -2.08. The van der Waals surface area contributed by atoms with Gasteiger partial charge in [-0.3, -0.25) is 0 Å². The third-order valence-corrected chi connectivity index (χ3v) is 3.61. The molecular formula is C10H10ClNO3S. The van der Waals surface area contributed by atoms with E-state index in [9.17, 15) is 8.42 Å². The van der Waals surface area contributed by atoms with Crippen LogP contribution in [-0.4, -0.2) is 13.5 Å². The highest BCUT2D eigenvalue weighted by Gasteiger charge is 2.19. The summed E-state index contributed by atoms with van der Waals surface area (Å²) in [6.45, 7) is 1.30. The van der Waals surface area contributed by atoms with Crippen LogP contribution in [-0.2, 0) is 22.1 Å². The maximum absolute atomic E-state index is 11.3. The minimum Gasteiger partial charge on any atom is -0.392 e. The summed E-state index contributed by atoms with van der Waals surface area (Å²) < 4.78 is 22.6. The lowest BCUT2D eigenvalue weighted by molar-refractivity contribution is 0.278. The molecule has 1 aromatic rings. The maximum Gasteiger partial charge on any atom is 0.261 e. The van der Waals surface area contributed by atoms with Crippen LogP contribution in [0.1, 0.15) is 23.6 Å². The first-order chi connectivity index (χ1) is 7.43. The van der Waals surface area contributed by atoms with E-state index in [1.54, 1.807) is 6.07 Å². The standard InChI is InChI=1S/C10H10ClNO3S/c1-2-7-3-8(5-12)9(6-13)10(4-7)16(11,14)15/h3-4,13H,2,6H2,1H3. The molecule has 4 nitrogen and oxygen atoms in total. The summed E-state index contributed by atoms with van der Waals surface area (Å²) >= 11 is 0. The van der Waals surface area contributed by atoms with E-state index in [0.717, 1.165) is 0 Å². The van der Waals surface area contributed by atoms with Crippen LogP contribution in [0.4, 0.5) is 0 Å². The molecule has 16 heavy (non-hydrogen) atoms. The Balaban J connectivity index is 3.65. The van der Waals surface area contributed by atoms with Gasteiger partial charge < -0.3 is 5.11 Å². The van der Waals surface area contributed by atoms with Crippen LogP contribution >= 0.6 is 10.7 Å². The van der Waals surface area contributed by atoms with Gasteiger partial charge in [0.2, 0.25) is 0 Å². The first-order valence-corrected chi connectivity index (χ1v) is 6.86. The Kier molecular flexibility index (Phi) is 3.92. The van der Waals surface area contributed by atoms with E-state index >= 15 is 0 Å². The topological polar surface area (TPSA) is 78.2 Å². The number of nitrogens with zero attached hydrogens (tertiary/aromatic N) is 1. The first kappa shape index (κ1) is 13.0. The number of aliphatic hydroxyl groups is 1. The second-order valence-corrected chi connectivity index (χ2v) is 5.72. The molecule has 0 fully saturated rings. The van der Waals surface area contributed by atoms with Crippen molar-refractivity contribution in [2.24, 2.45) is 0 Å². The van der Waals surface area contributed by atoms with Crippen LogP contribution in [0.15, 0.2) is 17.0 Å². The average Bonchev–Trinajstić information content (AvgIpc) is 2.25. The van der Waals surface area contributed by atoms with Gasteiger partial charge in [-0.05, 0) is 24.1 Å². The van der Waals surface area contributed by atoms with Gasteiger partial charge in [0, 0.05) is 16.2 Å². The van der Waals surface area contributed by atoms with E-state index < -0.39 is 15.7 Å². The van der Waals surface area contributed by atoms with Crippen molar-refractivity contribution in [2.75, 3.05) is 0 Å². The monoisotopic (exact) mass is 259 g/mol. The van der Waals surface area contributed by atoms with Crippen LogP contribution in [0.3, 0.4) is 0 Å². The second kappa shape index (κ2) is 4.83. The van der Waals surface area contributed by atoms with Gasteiger partial charge in [0.1, 0.15) is 0 Å². The maximum atomic E-state index is 11.3. The van der Waals surface area contributed by atoms with Crippen molar-refractivity contribution in [1.29, 1.82) is 5.26 Å². The van der Waals surface area contributed by atoms with Gasteiger partial charge in [-0.1, -0.05) is 6.92 Å². The normalized spacial score (nSPS) is 11.1. The molecule has 0 saturated heterocycles. The highest BCUT2D eigenvalue weighted by molar-refractivity contribution is 8.13. The molecule has 0 bridgehead atoms. The molecule has 0 unspecified atom stereocenters. The second-order valence-electron chi connectivity index (χ2n) is 3.18. The van der Waals surface area contributed by atoms with Crippen molar-refractivity contribution >= 4 is 19.7 Å². The summed E-state index contributed by atoms with van der Waals surface area (Å²) in [4.78, 5) is -0.187. The SMILES string of the molecule is CCc1cc(C#N)c(CO)c(S(=O)(=O)Cl)c1. The molecule has 0 aliphatic rings. The number of hydrogen-bond acceptors (Lipinski definition) is 4. The fourth-order valence-electron chi connectivity index (χ4n) is 1.39. The van der Waals surface area contributed by atoms with Gasteiger partial charge in [0.25, 0.3) is 9.05 Å². The summed E-state index contributed by atoms with van der Waals surface area (Å²) in [5, 5.41) is 17.9. The molecule has 6 heteroatoms. The zero-order chi connectivity index (χ0) is 12.3. The zero-order valence-electron chi connectivity index (χ0n) is 8.57. The lowest BCUT2D eigenvalue weighted by atomic mass is 10.0. The quantitative estimate of drug-likeness (QED) is 0.835. The number of aryl methyl sites for hydroxylation is 1. The van der Waals surface area contributed by atoms with Gasteiger partial charge in [0.05, 0.1) is 23.1 Å². The number of hydrogen-bond donors (Lipinski definition) is 1. The van der Waals surface area contributed by atoms with Crippen LogP contribution in [0.5, 0.6) is 0 Å². The molecule has 0 spiro atoms. The van der Waals surface area contributed by atoms with Gasteiger partial charge in [-0.25, -0.2) is 8.42 Å². The number of halogens is 1. The smallest absolute Gasteiger partial charge is 0.261 e. The minimum atomic E-state index is -3.95. The Morgan fingerprint density at radius 1 is 1.50 bits per heavy atom. The number of aliphatic hydroxyl groups excluding tert-OH is 1. The molecule has 0 amide bonds. The third kappa shape index (κ3) is 2.53. The van der Waals surface area contributed by atoms with Crippen LogP contribution in [0, 0.1) is 11.3 Å². The third-order valence-electron chi connectivity index (χ3n) is 2.22. The van der Waals surface area contributed by atoms with Crippen molar-refractivity contribution < 1.29 is 13.5 Å². The summed E-state index contributed by atoms with van der Waals surface area (Å²) in [7, 11) is 1.30. The Hall–Kier alpha value is -1.09. The number of nitriles is 1. The molecule has 1 rings (SSSR count). The van der Waals surface area contributed by atoms with Crippen molar-refractivity contribution in [3.63, 3.8) is 0 Å². The first-order valence-electron chi connectivity index (χ1n) is 4.55. The van der Waals surface area contributed by atoms with Crippen LogP contribution in [0.25, 0.3) is 0 Å². The van der Waals surface area contributed by atoms with E-state index in [1.807, 2.05) is 13.0 Å². The Morgan fingerprint density at radius 2 is 2.12 bits per heavy atom. The number of rotatable bonds is 3. The molecule has 1 aromatic carbocycles. The van der Waals surface area contributed by atoms with E-state index in [0.29, 0.717) is 12.0 Å². The average molecular weight is 260 g/mol. The molecular weight excluding hydrogens is 250 g/mol. The molecule has 0 aromatic heterocycles. The number of benzene rings is 1. The Labute approximate surface area is 98.5 Å². The zero-order valence-corrected chi connectivity index (χ0v) is 10.1. The van der Waals surface area contributed by atoms with Gasteiger partial charge in [-0.2, -0.15) is 5.26 Å². The lowest BCUT2D eigenvalue weighted by Crippen LogP contribution is -2.03. The van der Waals surface area contributed by atoms with Crippen molar-refractivity contribution in [2.45, 2.75) is 24.8 Å². The molecule has 0 aliphatic heterocycles. The molecule has 0 atom stereocenters. The van der Waals surface area contributed by atoms with E-state index in [4.69, 9.17) is 21.1 Å². The molecule has 86 valence electrons. The Morgan fingerprint density at radius 3 is 2.50 bits per heavy atom. The molecule has 1 N–H and O–H groups in total. The van der Waals surface area contributed by atoms with Crippen molar-refractivity contribution in [1.82, 2.24) is 0 Å². The summed E-state index contributed by atoms with van der Waals surface area (Å²) in [6, 6.07) is 4.79. The largest absolute Gasteiger partial charge is 0.392 e.